The Kier molecular flexibility index (Phi) is 3.03. The van der Waals surface area contributed by atoms with Crippen LogP contribution in [0.4, 0.5) is 0 Å². The van der Waals surface area contributed by atoms with Gasteiger partial charge in [0.1, 0.15) is 11.6 Å². The Bertz CT molecular complexity index is 264. The fraction of sp³-hybridized carbons (Fsp3) is 0.700. The van der Waals surface area contributed by atoms with E-state index >= 15 is 0 Å². The molecule has 1 aliphatic rings. The Hall–Kier alpha value is -1.19. The van der Waals surface area contributed by atoms with E-state index in [4.69, 9.17) is 0 Å². The number of carbonyl (C=O) groups excluding carboxylic acids is 3. The standard InChI is InChI=1S/C10H14O4/c1-10(6-5-9(13)14-2)7(11)3-4-8(10)12/h3-6H2,1-2H3. The van der Waals surface area contributed by atoms with Crippen LogP contribution in [0, 0.1) is 5.41 Å². The van der Waals surface area contributed by atoms with E-state index in [0.717, 1.165) is 0 Å². The molecule has 14 heavy (non-hydrogen) atoms. The third-order valence-electron chi connectivity index (χ3n) is 2.87. The van der Waals surface area contributed by atoms with Crippen LogP contribution in [0.5, 0.6) is 0 Å². The van der Waals surface area contributed by atoms with E-state index in [2.05, 4.69) is 4.74 Å². The molecule has 1 aliphatic carbocycles. The van der Waals surface area contributed by atoms with Gasteiger partial charge < -0.3 is 4.74 Å². The SMILES string of the molecule is COC(=O)CCC1(C)C(=O)CCC1=O. The molecule has 78 valence electrons. The van der Waals surface area contributed by atoms with Gasteiger partial charge in [-0.25, -0.2) is 0 Å². The number of rotatable bonds is 3. The highest BCUT2D eigenvalue weighted by molar-refractivity contribution is 6.12. The molecule has 0 unspecified atom stereocenters. The lowest BCUT2D eigenvalue weighted by Gasteiger charge is -2.18. The maximum absolute atomic E-state index is 11.4. The zero-order valence-electron chi connectivity index (χ0n) is 8.46. The van der Waals surface area contributed by atoms with Crippen molar-refractivity contribution in [1.29, 1.82) is 0 Å². The number of Topliss-reactive ketones (excluding diaryl/α,β-unsaturated/α-hetero) is 2. The maximum atomic E-state index is 11.4. The van der Waals surface area contributed by atoms with Crippen molar-refractivity contribution in [3.8, 4) is 0 Å². The van der Waals surface area contributed by atoms with E-state index in [1.807, 2.05) is 0 Å². The summed E-state index contributed by atoms with van der Waals surface area (Å²) in [7, 11) is 1.29. The topological polar surface area (TPSA) is 60.4 Å². The largest absolute Gasteiger partial charge is 0.469 e. The summed E-state index contributed by atoms with van der Waals surface area (Å²) >= 11 is 0. The molecule has 1 rings (SSSR count). The number of carbonyl (C=O) groups is 3. The molecule has 4 nitrogen and oxygen atoms in total. The van der Waals surface area contributed by atoms with Crippen LogP contribution < -0.4 is 0 Å². The predicted octanol–water partition coefficient (Wildman–Crippen LogP) is 0.878. The number of methoxy groups -OCH3 is 1. The summed E-state index contributed by atoms with van der Waals surface area (Å²) < 4.78 is 4.46. The Morgan fingerprint density at radius 3 is 2.29 bits per heavy atom. The highest BCUT2D eigenvalue weighted by atomic mass is 16.5. The molecular formula is C10H14O4. The third kappa shape index (κ3) is 1.84. The Balaban J connectivity index is 2.61. The second kappa shape index (κ2) is 3.90. The normalized spacial score (nSPS) is 19.9. The van der Waals surface area contributed by atoms with Gasteiger partial charge in [-0.1, -0.05) is 0 Å². The minimum atomic E-state index is -0.936. The first-order valence-electron chi connectivity index (χ1n) is 4.64. The lowest BCUT2D eigenvalue weighted by atomic mass is 9.82. The fourth-order valence-corrected chi connectivity index (χ4v) is 1.67. The first-order valence-corrected chi connectivity index (χ1v) is 4.64. The van der Waals surface area contributed by atoms with Crippen molar-refractivity contribution in [2.75, 3.05) is 7.11 Å². The molecule has 0 spiro atoms. The van der Waals surface area contributed by atoms with Crippen LogP contribution in [-0.2, 0) is 19.1 Å². The molecule has 0 amide bonds. The van der Waals surface area contributed by atoms with Gasteiger partial charge in [-0.2, -0.15) is 0 Å². The van der Waals surface area contributed by atoms with E-state index in [0.29, 0.717) is 12.8 Å². The van der Waals surface area contributed by atoms with Gasteiger partial charge in [-0.05, 0) is 13.3 Å². The Morgan fingerprint density at radius 1 is 1.36 bits per heavy atom. The van der Waals surface area contributed by atoms with Crippen LogP contribution in [0.25, 0.3) is 0 Å². The summed E-state index contributed by atoms with van der Waals surface area (Å²) in [4.78, 5) is 33.7. The molecule has 0 aromatic carbocycles. The molecule has 0 saturated heterocycles. The van der Waals surface area contributed by atoms with Gasteiger partial charge in [-0.15, -0.1) is 0 Å². The first kappa shape index (κ1) is 10.9. The van der Waals surface area contributed by atoms with Gasteiger partial charge in [0.05, 0.1) is 12.5 Å². The molecular weight excluding hydrogens is 184 g/mol. The summed E-state index contributed by atoms with van der Waals surface area (Å²) in [5.41, 5.74) is -0.936. The highest BCUT2D eigenvalue weighted by Crippen LogP contribution is 2.35. The van der Waals surface area contributed by atoms with Gasteiger partial charge in [0.2, 0.25) is 0 Å². The lowest BCUT2D eigenvalue weighted by molar-refractivity contribution is -0.142. The van der Waals surface area contributed by atoms with Crippen molar-refractivity contribution >= 4 is 17.5 Å². The van der Waals surface area contributed by atoms with Crippen molar-refractivity contribution in [1.82, 2.24) is 0 Å². The van der Waals surface area contributed by atoms with Crippen LogP contribution >= 0.6 is 0 Å². The summed E-state index contributed by atoms with van der Waals surface area (Å²) in [5.74, 6) is -0.475. The lowest BCUT2D eigenvalue weighted by Crippen LogP contribution is -2.30. The average Bonchev–Trinajstić information content (AvgIpc) is 2.43. The third-order valence-corrected chi connectivity index (χ3v) is 2.87. The molecule has 0 aromatic heterocycles. The van der Waals surface area contributed by atoms with E-state index in [1.165, 1.54) is 7.11 Å². The number of esters is 1. The van der Waals surface area contributed by atoms with Gasteiger partial charge in [0, 0.05) is 19.3 Å². The van der Waals surface area contributed by atoms with E-state index in [-0.39, 0.29) is 30.4 Å². The Morgan fingerprint density at radius 2 is 1.86 bits per heavy atom. The van der Waals surface area contributed by atoms with Gasteiger partial charge in [-0.3, -0.25) is 14.4 Å². The van der Waals surface area contributed by atoms with Crippen LogP contribution in [0.3, 0.4) is 0 Å². The van der Waals surface area contributed by atoms with Crippen molar-refractivity contribution in [2.45, 2.75) is 32.6 Å². The molecule has 0 aromatic rings. The smallest absolute Gasteiger partial charge is 0.305 e. The fourth-order valence-electron chi connectivity index (χ4n) is 1.67. The molecule has 0 atom stereocenters. The Labute approximate surface area is 82.6 Å². The zero-order chi connectivity index (χ0) is 10.8. The van der Waals surface area contributed by atoms with Crippen LogP contribution in [0.1, 0.15) is 32.6 Å². The molecule has 0 heterocycles. The van der Waals surface area contributed by atoms with Crippen molar-refractivity contribution in [2.24, 2.45) is 5.41 Å². The summed E-state index contributed by atoms with van der Waals surface area (Å²) in [6, 6.07) is 0. The molecule has 0 bridgehead atoms. The number of ketones is 2. The zero-order valence-corrected chi connectivity index (χ0v) is 8.46. The maximum Gasteiger partial charge on any atom is 0.305 e. The van der Waals surface area contributed by atoms with Gasteiger partial charge in [0.25, 0.3) is 0 Å². The monoisotopic (exact) mass is 198 g/mol. The van der Waals surface area contributed by atoms with E-state index in [1.54, 1.807) is 6.92 Å². The predicted molar refractivity (Wildman–Crippen MR) is 48.6 cm³/mol. The summed E-state index contributed by atoms with van der Waals surface area (Å²) in [5, 5.41) is 0. The molecule has 1 fully saturated rings. The average molecular weight is 198 g/mol. The van der Waals surface area contributed by atoms with Gasteiger partial charge in [0.15, 0.2) is 0 Å². The minimum absolute atomic E-state index is 0.0496. The van der Waals surface area contributed by atoms with Gasteiger partial charge >= 0.3 is 5.97 Å². The molecule has 0 radical (unpaired) electrons. The summed E-state index contributed by atoms with van der Waals surface area (Å²) in [6.07, 6.45) is 1.04. The second-order valence-electron chi connectivity index (χ2n) is 3.75. The van der Waals surface area contributed by atoms with Crippen LogP contribution in [-0.4, -0.2) is 24.6 Å². The van der Waals surface area contributed by atoms with Crippen molar-refractivity contribution < 1.29 is 19.1 Å². The van der Waals surface area contributed by atoms with E-state index < -0.39 is 5.41 Å². The van der Waals surface area contributed by atoms with Crippen molar-refractivity contribution in [3.05, 3.63) is 0 Å². The second-order valence-corrected chi connectivity index (χ2v) is 3.75. The number of hydrogen-bond donors (Lipinski definition) is 0. The van der Waals surface area contributed by atoms with Crippen LogP contribution in [0.15, 0.2) is 0 Å². The first-order chi connectivity index (χ1) is 6.50. The van der Waals surface area contributed by atoms with Crippen molar-refractivity contribution in [3.63, 3.8) is 0 Å². The highest BCUT2D eigenvalue weighted by Gasteiger charge is 2.44. The molecule has 4 heteroatoms. The van der Waals surface area contributed by atoms with Crippen LogP contribution in [0.2, 0.25) is 0 Å². The number of ether oxygens (including phenoxy) is 1. The molecule has 0 N–H and O–H groups in total. The minimum Gasteiger partial charge on any atom is -0.469 e. The quantitative estimate of drug-likeness (QED) is 0.499. The number of hydrogen-bond acceptors (Lipinski definition) is 4. The van der Waals surface area contributed by atoms with E-state index in [9.17, 15) is 14.4 Å². The molecule has 0 aliphatic heterocycles. The summed E-state index contributed by atoms with van der Waals surface area (Å²) in [6.45, 7) is 1.62. The molecule has 1 saturated carbocycles.